The van der Waals surface area contributed by atoms with Gasteiger partial charge in [0.1, 0.15) is 0 Å². The minimum Gasteiger partial charge on any atom is -0.0585 e. The van der Waals surface area contributed by atoms with Crippen molar-refractivity contribution < 1.29 is 0 Å². The van der Waals surface area contributed by atoms with Crippen LogP contribution in [0.3, 0.4) is 0 Å². The summed E-state index contributed by atoms with van der Waals surface area (Å²) in [4.78, 5) is 0. The monoisotopic (exact) mass is 145 g/mol. The molecule has 0 N–H and O–H groups in total. The Kier molecular flexibility index (Phi) is 1.69. The zero-order chi connectivity index (χ0) is 7.68. The minimum absolute atomic E-state index is 1.25. The molecule has 2 rings (SSSR count). The van der Waals surface area contributed by atoms with E-state index in [1.54, 1.807) is 0 Å². The van der Waals surface area contributed by atoms with Crippen molar-refractivity contribution in [3.63, 3.8) is 0 Å². The van der Waals surface area contributed by atoms with Gasteiger partial charge in [-0.05, 0) is 55.4 Å². The summed E-state index contributed by atoms with van der Waals surface area (Å²) in [7, 11) is 0. The Balaban J connectivity index is 2.43. The Bertz CT molecular complexity index is 261. The highest BCUT2D eigenvalue weighted by Gasteiger charge is 2.07. The van der Waals surface area contributed by atoms with E-state index in [-0.39, 0.29) is 0 Å². The van der Waals surface area contributed by atoms with Crippen molar-refractivity contribution in [1.82, 2.24) is 0 Å². The molecule has 1 aromatic rings. The van der Waals surface area contributed by atoms with Gasteiger partial charge in [-0.2, -0.15) is 0 Å². The van der Waals surface area contributed by atoms with Crippen LogP contribution in [0.25, 0.3) is 0 Å². The van der Waals surface area contributed by atoms with Crippen molar-refractivity contribution in [3.8, 4) is 0 Å². The molecular weight excluding hydrogens is 132 g/mol. The molecule has 0 aromatic heterocycles. The van der Waals surface area contributed by atoms with E-state index in [0.717, 1.165) is 0 Å². The lowest BCUT2D eigenvalue weighted by Crippen LogP contribution is -2.02. The van der Waals surface area contributed by atoms with E-state index in [9.17, 15) is 0 Å². The van der Waals surface area contributed by atoms with Crippen molar-refractivity contribution in [3.05, 3.63) is 34.9 Å². The van der Waals surface area contributed by atoms with Crippen molar-refractivity contribution in [2.24, 2.45) is 0 Å². The molecule has 1 aliphatic carbocycles. The molecule has 0 heteroatoms. The summed E-state index contributed by atoms with van der Waals surface area (Å²) in [5, 5.41) is 0. The molecule has 0 saturated carbocycles. The highest BCUT2D eigenvalue weighted by atomic mass is 14.1. The lowest BCUT2D eigenvalue weighted by Gasteiger charge is -2.14. The molecule has 0 aliphatic heterocycles. The van der Waals surface area contributed by atoms with Gasteiger partial charge < -0.3 is 0 Å². The fourth-order valence-corrected chi connectivity index (χ4v) is 1.76. The van der Waals surface area contributed by atoms with E-state index in [4.69, 9.17) is 0 Å². The number of benzene rings is 1. The van der Waals surface area contributed by atoms with Gasteiger partial charge in [-0.1, -0.05) is 12.1 Å². The fraction of sp³-hybridized carbons (Fsp3) is 0.455. The standard InChI is InChI=1S/C11H13/c1-9-6-7-10-4-2-3-5-11(10)8-9/h6-7H,2-5H2,1H3. The van der Waals surface area contributed by atoms with E-state index in [0.29, 0.717) is 0 Å². The number of hydrogen-bond donors (Lipinski definition) is 0. The van der Waals surface area contributed by atoms with Crippen molar-refractivity contribution in [1.29, 1.82) is 0 Å². The molecule has 1 aliphatic rings. The van der Waals surface area contributed by atoms with Gasteiger partial charge in [0.05, 0.1) is 0 Å². The molecule has 0 amide bonds. The Morgan fingerprint density at radius 1 is 1.18 bits per heavy atom. The second kappa shape index (κ2) is 2.69. The first-order valence-electron chi connectivity index (χ1n) is 4.37. The summed E-state index contributed by atoms with van der Waals surface area (Å²) < 4.78 is 0. The highest BCUT2D eigenvalue weighted by Crippen LogP contribution is 2.20. The van der Waals surface area contributed by atoms with E-state index in [2.05, 4.69) is 25.1 Å². The maximum Gasteiger partial charge on any atom is -0.0114 e. The summed E-state index contributed by atoms with van der Waals surface area (Å²) in [6, 6.07) is 7.86. The van der Waals surface area contributed by atoms with Crippen LogP contribution >= 0.6 is 0 Å². The van der Waals surface area contributed by atoms with Gasteiger partial charge in [0, 0.05) is 0 Å². The molecule has 0 nitrogen and oxygen atoms in total. The number of fused-ring (bicyclic) bond motifs is 1. The first-order valence-corrected chi connectivity index (χ1v) is 4.37. The van der Waals surface area contributed by atoms with Crippen LogP contribution in [0.2, 0.25) is 0 Å². The Labute approximate surface area is 68.3 Å². The summed E-state index contributed by atoms with van der Waals surface area (Å²) in [6.45, 7) is 2.12. The molecule has 0 heterocycles. The first-order chi connectivity index (χ1) is 5.36. The van der Waals surface area contributed by atoms with Crippen LogP contribution in [0.5, 0.6) is 0 Å². The zero-order valence-corrected chi connectivity index (χ0v) is 6.98. The molecule has 1 aromatic carbocycles. The number of hydrogen-bond acceptors (Lipinski definition) is 0. The third-order valence-electron chi connectivity index (χ3n) is 2.39. The van der Waals surface area contributed by atoms with Crippen LogP contribution < -0.4 is 0 Å². The molecule has 0 saturated heterocycles. The molecular formula is C11H13. The van der Waals surface area contributed by atoms with Crippen LogP contribution in [-0.4, -0.2) is 0 Å². The summed E-state index contributed by atoms with van der Waals surface area (Å²) in [5.74, 6) is 0. The number of rotatable bonds is 0. The summed E-state index contributed by atoms with van der Waals surface area (Å²) in [5.41, 5.74) is 4.28. The van der Waals surface area contributed by atoms with Gasteiger partial charge >= 0.3 is 0 Å². The highest BCUT2D eigenvalue weighted by molar-refractivity contribution is 5.31. The molecule has 0 bridgehead atoms. The topological polar surface area (TPSA) is 0 Å². The van der Waals surface area contributed by atoms with Crippen LogP contribution in [0.1, 0.15) is 29.5 Å². The predicted molar refractivity (Wildman–Crippen MR) is 46.7 cm³/mol. The van der Waals surface area contributed by atoms with E-state index >= 15 is 0 Å². The second-order valence-electron chi connectivity index (χ2n) is 3.35. The SMILES string of the molecule is Cc1[c]c2c(cc1)CCCC2. The lowest BCUT2D eigenvalue weighted by molar-refractivity contribution is 0.684. The molecule has 1 radical (unpaired) electrons. The van der Waals surface area contributed by atoms with E-state index in [1.807, 2.05) is 0 Å². The van der Waals surface area contributed by atoms with Gasteiger partial charge in [0.15, 0.2) is 0 Å². The predicted octanol–water partition coefficient (Wildman–Crippen LogP) is 2.67. The third-order valence-corrected chi connectivity index (χ3v) is 2.39. The molecule has 0 spiro atoms. The van der Waals surface area contributed by atoms with Crippen molar-refractivity contribution >= 4 is 0 Å². The Hall–Kier alpha value is -0.780. The quantitative estimate of drug-likeness (QED) is 0.526. The fourth-order valence-electron chi connectivity index (χ4n) is 1.76. The summed E-state index contributed by atoms with van der Waals surface area (Å²) in [6.07, 6.45) is 5.24. The Morgan fingerprint density at radius 3 is 2.91 bits per heavy atom. The normalized spacial score (nSPS) is 16.1. The summed E-state index contributed by atoms with van der Waals surface area (Å²) >= 11 is 0. The number of aryl methyl sites for hydroxylation is 3. The molecule has 11 heavy (non-hydrogen) atoms. The van der Waals surface area contributed by atoms with E-state index in [1.165, 1.54) is 42.4 Å². The minimum atomic E-state index is 1.25. The maximum atomic E-state index is 3.43. The molecule has 57 valence electrons. The van der Waals surface area contributed by atoms with Gasteiger partial charge in [-0.3, -0.25) is 0 Å². The van der Waals surface area contributed by atoms with Crippen LogP contribution in [-0.2, 0) is 12.8 Å². The smallest absolute Gasteiger partial charge is 0.0114 e. The van der Waals surface area contributed by atoms with Gasteiger partial charge in [-0.15, -0.1) is 0 Å². The first kappa shape index (κ1) is 6.90. The van der Waals surface area contributed by atoms with Gasteiger partial charge in [-0.25, -0.2) is 0 Å². The average molecular weight is 145 g/mol. The molecule has 0 atom stereocenters. The van der Waals surface area contributed by atoms with Crippen LogP contribution in [0.4, 0.5) is 0 Å². The molecule has 0 fully saturated rings. The Morgan fingerprint density at radius 2 is 2.00 bits per heavy atom. The van der Waals surface area contributed by atoms with Crippen LogP contribution in [0, 0.1) is 13.0 Å². The van der Waals surface area contributed by atoms with E-state index < -0.39 is 0 Å². The maximum absolute atomic E-state index is 3.43. The van der Waals surface area contributed by atoms with Gasteiger partial charge in [0.2, 0.25) is 0 Å². The largest absolute Gasteiger partial charge is 0.0585 e. The van der Waals surface area contributed by atoms with Crippen molar-refractivity contribution in [2.45, 2.75) is 32.6 Å². The van der Waals surface area contributed by atoms with Gasteiger partial charge in [0.25, 0.3) is 0 Å². The van der Waals surface area contributed by atoms with Crippen LogP contribution in [0.15, 0.2) is 12.1 Å². The molecule has 0 unspecified atom stereocenters. The zero-order valence-electron chi connectivity index (χ0n) is 6.98. The lowest BCUT2D eigenvalue weighted by atomic mass is 9.91. The average Bonchev–Trinajstić information content (AvgIpc) is 2.04. The second-order valence-corrected chi connectivity index (χ2v) is 3.35. The third kappa shape index (κ3) is 1.30. The van der Waals surface area contributed by atoms with Crippen molar-refractivity contribution in [2.75, 3.05) is 0 Å².